The van der Waals surface area contributed by atoms with Gasteiger partial charge < -0.3 is 14.2 Å². The summed E-state index contributed by atoms with van der Waals surface area (Å²) in [7, 11) is -2.31. The lowest BCUT2D eigenvalue weighted by molar-refractivity contribution is 0.414. The van der Waals surface area contributed by atoms with Gasteiger partial charge in [-0.2, -0.15) is 8.42 Å². The summed E-state index contributed by atoms with van der Waals surface area (Å²) in [5.41, 5.74) is 5.56. The normalized spacial score (nSPS) is 11.7. The number of nitrogens with one attached hydrogen (secondary N) is 1. The van der Waals surface area contributed by atoms with Gasteiger partial charge in [-0.3, -0.25) is 0 Å². The molecule has 176 valence electrons. The van der Waals surface area contributed by atoms with E-state index in [1.165, 1.54) is 0 Å². The minimum absolute atomic E-state index is 0.0597. The summed E-state index contributed by atoms with van der Waals surface area (Å²) in [5.74, 6) is 1.33. The third kappa shape index (κ3) is 5.69. The van der Waals surface area contributed by atoms with E-state index in [4.69, 9.17) is 8.92 Å². The van der Waals surface area contributed by atoms with E-state index in [1.807, 2.05) is 71.9 Å². The fraction of sp³-hybridized carbons (Fsp3) is 0.333. The number of anilines is 2. The maximum Gasteiger partial charge on any atom is 0.339 e. The second-order valence-electron chi connectivity index (χ2n) is 8.95. The monoisotopic (exact) mass is 467 g/mol. The van der Waals surface area contributed by atoms with Crippen LogP contribution in [0.15, 0.2) is 59.5 Å². The highest BCUT2D eigenvalue weighted by molar-refractivity contribution is 7.87. The van der Waals surface area contributed by atoms with Gasteiger partial charge in [0, 0.05) is 22.5 Å². The first kappa shape index (κ1) is 24.6. The Bertz CT molecular complexity index is 1200. The smallest absolute Gasteiger partial charge is 0.339 e. The van der Waals surface area contributed by atoms with Gasteiger partial charge in [0.2, 0.25) is 0 Å². The largest absolute Gasteiger partial charge is 0.497 e. The van der Waals surface area contributed by atoms with Gasteiger partial charge in [-0.25, -0.2) is 0 Å². The predicted molar refractivity (Wildman–Crippen MR) is 135 cm³/mol. The van der Waals surface area contributed by atoms with Crippen molar-refractivity contribution in [3.05, 3.63) is 76.9 Å². The van der Waals surface area contributed by atoms with Crippen molar-refractivity contribution in [2.45, 2.75) is 58.3 Å². The van der Waals surface area contributed by atoms with E-state index in [-0.39, 0.29) is 16.7 Å². The maximum absolute atomic E-state index is 13.1. The van der Waals surface area contributed by atoms with E-state index in [1.54, 1.807) is 31.4 Å². The molecule has 0 radical (unpaired) electrons. The van der Waals surface area contributed by atoms with Crippen LogP contribution in [0.2, 0.25) is 0 Å². The molecule has 0 aliphatic heterocycles. The molecule has 3 aromatic carbocycles. The highest BCUT2D eigenvalue weighted by Crippen LogP contribution is 2.40. The number of ether oxygens (including phenoxy) is 1. The molecule has 0 heterocycles. The standard InChI is InChI=1S/C27H33NO4S/c1-17(2)24-15-21(28-26-13-10-22(31-7)14-20(26)6)16-25(18(3)4)27(24)32-33(29,30)23-11-8-19(5)9-12-23/h8-18,28H,1-7H3. The van der Waals surface area contributed by atoms with Crippen LogP contribution in [0.25, 0.3) is 0 Å². The molecular formula is C27H33NO4S. The molecule has 0 aromatic heterocycles. The van der Waals surface area contributed by atoms with E-state index in [0.717, 1.165) is 39.4 Å². The van der Waals surface area contributed by atoms with Gasteiger partial charge in [-0.05, 0) is 73.7 Å². The van der Waals surface area contributed by atoms with Crippen molar-refractivity contribution < 1.29 is 17.3 Å². The minimum Gasteiger partial charge on any atom is -0.497 e. The first-order valence-corrected chi connectivity index (χ1v) is 12.5. The van der Waals surface area contributed by atoms with Gasteiger partial charge in [-0.1, -0.05) is 45.4 Å². The van der Waals surface area contributed by atoms with E-state index >= 15 is 0 Å². The lowest BCUT2D eigenvalue weighted by Gasteiger charge is -2.22. The Labute approximate surface area is 197 Å². The molecular weight excluding hydrogens is 434 g/mol. The highest BCUT2D eigenvalue weighted by atomic mass is 32.2. The molecule has 0 atom stereocenters. The number of hydrogen-bond donors (Lipinski definition) is 1. The summed E-state index contributed by atoms with van der Waals surface area (Å²) in [6, 6.07) is 16.5. The average Bonchev–Trinajstić information content (AvgIpc) is 2.75. The molecule has 0 aliphatic rings. The van der Waals surface area contributed by atoms with Crippen LogP contribution in [0, 0.1) is 13.8 Å². The molecule has 0 bridgehead atoms. The van der Waals surface area contributed by atoms with E-state index in [9.17, 15) is 8.42 Å². The van der Waals surface area contributed by atoms with Gasteiger partial charge in [0.15, 0.2) is 0 Å². The summed E-state index contributed by atoms with van der Waals surface area (Å²) in [5, 5.41) is 3.48. The first-order valence-electron chi connectivity index (χ1n) is 11.1. The molecule has 0 fully saturated rings. The average molecular weight is 468 g/mol. The zero-order valence-electron chi connectivity index (χ0n) is 20.4. The summed E-state index contributed by atoms with van der Waals surface area (Å²) in [6.45, 7) is 12.1. The molecule has 0 spiro atoms. The van der Waals surface area contributed by atoms with Crippen molar-refractivity contribution in [1.82, 2.24) is 0 Å². The zero-order valence-corrected chi connectivity index (χ0v) is 21.2. The Kier molecular flexibility index (Phi) is 7.38. The van der Waals surface area contributed by atoms with Gasteiger partial charge >= 0.3 is 10.1 Å². The van der Waals surface area contributed by atoms with Crippen LogP contribution in [0.5, 0.6) is 11.5 Å². The van der Waals surface area contributed by atoms with Gasteiger partial charge in [-0.15, -0.1) is 0 Å². The quantitative estimate of drug-likeness (QED) is 0.359. The Hall–Kier alpha value is -2.99. The van der Waals surface area contributed by atoms with Gasteiger partial charge in [0.25, 0.3) is 0 Å². The molecule has 0 saturated heterocycles. The summed E-state index contributed by atoms with van der Waals surface area (Å²) >= 11 is 0. The zero-order chi connectivity index (χ0) is 24.3. The number of rotatable bonds is 8. The number of hydrogen-bond acceptors (Lipinski definition) is 5. The van der Waals surface area contributed by atoms with E-state index < -0.39 is 10.1 Å². The number of benzene rings is 3. The first-order chi connectivity index (χ1) is 15.5. The fourth-order valence-electron chi connectivity index (χ4n) is 3.62. The molecule has 6 heteroatoms. The molecule has 0 unspecified atom stereocenters. The van der Waals surface area contributed by atoms with Gasteiger partial charge in [0.05, 0.1) is 7.11 Å². The van der Waals surface area contributed by atoms with Crippen LogP contribution in [0.1, 0.15) is 61.8 Å². The number of methoxy groups -OCH3 is 1. The Balaban J connectivity index is 2.06. The molecule has 3 rings (SSSR count). The molecule has 5 nitrogen and oxygen atoms in total. The lowest BCUT2D eigenvalue weighted by atomic mass is 9.93. The SMILES string of the molecule is COc1ccc(Nc2cc(C(C)C)c(OS(=O)(=O)c3ccc(C)cc3)c(C(C)C)c2)c(C)c1. The molecule has 0 saturated carbocycles. The summed E-state index contributed by atoms with van der Waals surface area (Å²) in [4.78, 5) is 0.147. The second-order valence-corrected chi connectivity index (χ2v) is 10.5. The topological polar surface area (TPSA) is 64.6 Å². The highest BCUT2D eigenvalue weighted by Gasteiger charge is 2.24. The number of aryl methyl sites for hydroxylation is 2. The molecule has 0 aliphatic carbocycles. The van der Waals surface area contributed by atoms with Crippen molar-refractivity contribution in [3.8, 4) is 11.5 Å². The Morgan fingerprint density at radius 3 is 1.88 bits per heavy atom. The van der Waals surface area contributed by atoms with Crippen LogP contribution >= 0.6 is 0 Å². The third-order valence-corrected chi connectivity index (χ3v) is 6.84. The molecule has 0 amide bonds. The molecule has 33 heavy (non-hydrogen) atoms. The van der Waals surface area contributed by atoms with Crippen LogP contribution < -0.4 is 14.2 Å². The van der Waals surface area contributed by atoms with Crippen molar-refractivity contribution >= 4 is 21.5 Å². The lowest BCUT2D eigenvalue weighted by Crippen LogP contribution is -2.14. The summed E-state index contributed by atoms with van der Waals surface area (Å²) < 4.78 is 37.3. The second kappa shape index (κ2) is 9.87. The van der Waals surface area contributed by atoms with Crippen molar-refractivity contribution in [2.24, 2.45) is 0 Å². The summed E-state index contributed by atoms with van der Waals surface area (Å²) in [6.07, 6.45) is 0. The maximum atomic E-state index is 13.1. The van der Waals surface area contributed by atoms with Crippen molar-refractivity contribution in [3.63, 3.8) is 0 Å². The van der Waals surface area contributed by atoms with Crippen LogP contribution in [0.4, 0.5) is 11.4 Å². The third-order valence-electron chi connectivity index (χ3n) is 5.61. The Morgan fingerprint density at radius 2 is 1.39 bits per heavy atom. The minimum atomic E-state index is -3.96. The van der Waals surface area contributed by atoms with E-state index in [2.05, 4.69) is 5.32 Å². The van der Waals surface area contributed by atoms with Crippen molar-refractivity contribution in [2.75, 3.05) is 12.4 Å². The van der Waals surface area contributed by atoms with Crippen LogP contribution in [-0.4, -0.2) is 15.5 Å². The predicted octanol–water partition coefficient (Wildman–Crippen LogP) is 7.07. The molecule has 3 aromatic rings. The fourth-order valence-corrected chi connectivity index (χ4v) is 4.60. The van der Waals surface area contributed by atoms with E-state index in [0.29, 0.717) is 5.75 Å². The molecule has 1 N–H and O–H groups in total. The van der Waals surface area contributed by atoms with Crippen LogP contribution in [-0.2, 0) is 10.1 Å². The van der Waals surface area contributed by atoms with Crippen LogP contribution in [0.3, 0.4) is 0 Å². The van der Waals surface area contributed by atoms with Gasteiger partial charge in [0.1, 0.15) is 16.4 Å². The Morgan fingerprint density at radius 1 is 0.818 bits per heavy atom. The van der Waals surface area contributed by atoms with Crippen molar-refractivity contribution in [1.29, 1.82) is 0 Å².